The minimum absolute atomic E-state index is 0.0103. The molecule has 0 unspecified atom stereocenters. The normalized spacial score (nSPS) is 14.7. The van der Waals surface area contributed by atoms with Gasteiger partial charge in [-0.3, -0.25) is 4.79 Å². The minimum atomic E-state index is -5.19. The molecule has 0 radical (unpaired) electrons. The monoisotopic (exact) mass is 508 g/mol. The summed E-state index contributed by atoms with van der Waals surface area (Å²) in [5, 5.41) is 12.8. The first-order chi connectivity index (χ1) is 15.4. The largest absolute Gasteiger partial charge is 0.494 e. The number of benzene rings is 2. The summed E-state index contributed by atoms with van der Waals surface area (Å²) in [6, 6.07) is 4.38. The summed E-state index contributed by atoms with van der Waals surface area (Å²) in [6.45, 7) is 0. The van der Waals surface area contributed by atoms with Gasteiger partial charge < -0.3 is 20.1 Å². The molecule has 0 amide bonds. The first kappa shape index (κ1) is 25.1. The van der Waals surface area contributed by atoms with E-state index in [1.165, 1.54) is 12.3 Å². The number of halogens is 6. The Balaban J connectivity index is 2.29. The van der Waals surface area contributed by atoms with E-state index in [-0.39, 0.29) is 22.3 Å². The molecule has 1 aromatic heterocycles. The zero-order valence-electron chi connectivity index (χ0n) is 17.2. The van der Waals surface area contributed by atoms with Crippen LogP contribution in [0, 0.1) is 11.6 Å². The van der Waals surface area contributed by atoms with E-state index in [2.05, 4.69) is 10.3 Å². The third-order valence-electron chi connectivity index (χ3n) is 5.04. The molecule has 0 fully saturated rings. The van der Waals surface area contributed by atoms with Crippen LogP contribution in [0.2, 0.25) is 5.02 Å². The summed E-state index contributed by atoms with van der Waals surface area (Å²) in [7, 11) is 1.16. The van der Waals surface area contributed by atoms with Gasteiger partial charge in [-0.1, -0.05) is 17.7 Å². The van der Waals surface area contributed by atoms with Gasteiger partial charge in [0.1, 0.15) is 5.82 Å². The second-order valence-electron chi connectivity index (χ2n) is 7.15. The predicted molar refractivity (Wildman–Crippen MR) is 118 cm³/mol. The molecule has 12 heteroatoms. The van der Waals surface area contributed by atoms with Crippen molar-refractivity contribution >= 4 is 40.0 Å². The Labute approximate surface area is 193 Å². The van der Waals surface area contributed by atoms with Crippen LogP contribution in [-0.2, 0) is 0 Å². The number of H-pyrrole nitrogens is 1. The molecule has 5 nitrogen and oxygen atoms in total. The Kier molecular flexibility index (Phi) is 7.15. The van der Waals surface area contributed by atoms with Crippen LogP contribution in [0.1, 0.15) is 11.6 Å². The van der Waals surface area contributed by atoms with Gasteiger partial charge in [-0.2, -0.15) is 24.9 Å². The number of thioether (sulfide) groups is 1. The molecule has 2 aromatic carbocycles. The van der Waals surface area contributed by atoms with E-state index in [0.29, 0.717) is 11.8 Å². The number of aliphatic hydroxyl groups is 1. The zero-order chi connectivity index (χ0) is 24.6. The van der Waals surface area contributed by atoms with Gasteiger partial charge in [0.25, 0.3) is 0 Å². The van der Waals surface area contributed by atoms with Gasteiger partial charge in [0.2, 0.25) is 5.56 Å². The quantitative estimate of drug-likeness (QED) is 0.379. The van der Waals surface area contributed by atoms with Crippen LogP contribution in [0.15, 0.2) is 41.2 Å². The number of rotatable bonds is 7. The molecule has 178 valence electrons. The predicted octanol–water partition coefficient (Wildman–Crippen LogP) is 5.28. The number of aromatic nitrogens is 1. The molecule has 0 saturated carbocycles. The van der Waals surface area contributed by atoms with Crippen molar-refractivity contribution in [2.75, 3.05) is 24.4 Å². The maximum atomic E-state index is 14.6. The fourth-order valence-electron chi connectivity index (χ4n) is 3.44. The number of fused-ring (bicyclic) bond motifs is 1. The molecular weight excluding hydrogens is 491 g/mol. The number of hydrogen-bond donors (Lipinski definition) is 3. The molecule has 0 saturated heterocycles. The Morgan fingerprint density at radius 1 is 1.21 bits per heavy atom. The number of hydrogen-bond acceptors (Lipinski definition) is 5. The van der Waals surface area contributed by atoms with Crippen molar-refractivity contribution in [3.63, 3.8) is 0 Å². The summed E-state index contributed by atoms with van der Waals surface area (Å²) in [6.07, 6.45) is -3.84. The number of methoxy groups -OCH3 is 1. The molecule has 1 heterocycles. The maximum absolute atomic E-state index is 14.6. The first-order valence-corrected chi connectivity index (χ1v) is 11.1. The van der Waals surface area contributed by atoms with Gasteiger partial charge >= 0.3 is 6.18 Å². The van der Waals surface area contributed by atoms with Crippen LogP contribution in [-0.4, -0.2) is 41.0 Å². The highest BCUT2D eigenvalue weighted by Crippen LogP contribution is 2.47. The Hall–Kier alpha value is -2.50. The highest BCUT2D eigenvalue weighted by atomic mass is 35.5. The van der Waals surface area contributed by atoms with E-state index < -0.39 is 51.4 Å². The number of pyridine rings is 1. The van der Waals surface area contributed by atoms with E-state index in [1.807, 2.05) is 0 Å². The lowest BCUT2D eigenvalue weighted by atomic mass is 9.88. The van der Waals surface area contributed by atoms with Crippen LogP contribution in [0.25, 0.3) is 10.9 Å². The summed E-state index contributed by atoms with van der Waals surface area (Å²) >= 11 is 6.77. The van der Waals surface area contributed by atoms with Crippen molar-refractivity contribution in [1.82, 2.24) is 4.98 Å². The Morgan fingerprint density at radius 2 is 1.91 bits per heavy atom. The molecule has 0 spiro atoms. The summed E-state index contributed by atoms with van der Waals surface area (Å²) in [4.78, 5) is 14.0. The SMILES string of the molecule is COc1ccc([C@H](Nc2cc(F)cc3[nH]c(=O)ccc23)[C@](O)(CSC)C(F)(F)F)c(Cl)c1F. The molecular formula is C21H18ClF5N2O3S. The first-order valence-electron chi connectivity index (χ1n) is 9.32. The van der Waals surface area contributed by atoms with E-state index in [9.17, 15) is 31.9 Å². The number of alkyl halides is 3. The van der Waals surface area contributed by atoms with E-state index in [4.69, 9.17) is 16.3 Å². The lowest BCUT2D eigenvalue weighted by Gasteiger charge is -2.39. The fourth-order valence-corrected chi connectivity index (χ4v) is 4.48. The van der Waals surface area contributed by atoms with Crippen LogP contribution in [0.5, 0.6) is 5.75 Å². The lowest BCUT2D eigenvalue weighted by molar-refractivity contribution is -0.256. The molecule has 0 aliphatic rings. The van der Waals surface area contributed by atoms with Gasteiger partial charge in [-0.15, -0.1) is 0 Å². The third kappa shape index (κ3) is 4.75. The topological polar surface area (TPSA) is 74.3 Å². The van der Waals surface area contributed by atoms with Gasteiger partial charge in [-0.25, -0.2) is 8.78 Å². The van der Waals surface area contributed by atoms with Crippen LogP contribution >= 0.6 is 23.4 Å². The molecule has 3 N–H and O–H groups in total. The standard InChI is InChI=1S/C21H18ClF5N2O3S/c1-32-15-5-3-12(17(22)18(15)24)19(20(31,9-33-2)21(25,26)27)29-14-8-10(23)7-13-11(14)4-6-16(30)28-13/h3-8,19,29,31H,9H2,1-2H3,(H,28,30)/t19-,20+/m0/s1. The Bertz CT molecular complexity index is 1240. The Morgan fingerprint density at radius 3 is 2.52 bits per heavy atom. The molecule has 2 atom stereocenters. The summed E-state index contributed by atoms with van der Waals surface area (Å²) < 4.78 is 76.2. The summed E-state index contributed by atoms with van der Waals surface area (Å²) in [5.74, 6) is -3.14. The second-order valence-corrected chi connectivity index (χ2v) is 8.40. The smallest absolute Gasteiger partial charge is 0.420 e. The van der Waals surface area contributed by atoms with Crippen LogP contribution in [0.4, 0.5) is 27.6 Å². The third-order valence-corrected chi connectivity index (χ3v) is 6.16. The maximum Gasteiger partial charge on any atom is 0.420 e. The zero-order valence-corrected chi connectivity index (χ0v) is 18.8. The van der Waals surface area contributed by atoms with Gasteiger partial charge in [0.05, 0.1) is 23.7 Å². The highest BCUT2D eigenvalue weighted by Gasteiger charge is 2.59. The van der Waals surface area contributed by atoms with Crippen molar-refractivity contribution in [1.29, 1.82) is 0 Å². The average molecular weight is 509 g/mol. The fraction of sp³-hybridized carbons (Fsp3) is 0.286. The van der Waals surface area contributed by atoms with Crippen LogP contribution < -0.4 is 15.6 Å². The molecule has 0 bridgehead atoms. The number of ether oxygens (including phenoxy) is 1. The van der Waals surface area contributed by atoms with Crippen molar-refractivity contribution in [2.45, 2.75) is 17.8 Å². The van der Waals surface area contributed by atoms with Gasteiger partial charge in [0.15, 0.2) is 17.2 Å². The highest BCUT2D eigenvalue weighted by molar-refractivity contribution is 7.98. The molecule has 3 aromatic rings. The average Bonchev–Trinajstić information content (AvgIpc) is 2.73. The van der Waals surface area contributed by atoms with Crippen molar-refractivity contribution in [2.24, 2.45) is 0 Å². The number of anilines is 1. The van der Waals surface area contributed by atoms with Crippen LogP contribution in [0.3, 0.4) is 0 Å². The lowest BCUT2D eigenvalue weighted by Crippen LogP contribution is -2.54. The van der Waals surface area contributed by atoms with E-state index in [1.54, 1.807) is 0 Å². The van der Waals surface area contributed by atoms with Crippen molar-refractivity contribution in [3.8, 4) is 5.75 Å². The summed E-state index contributed by atoms with van der Waals surface area (Å²) in [5.41, 5.74) is -4.59. The molecule has 33 heavy (non-hydrogen) atoms. The number of nitrogens with one attached hydrogen (secondary N) is 2. The molecule has 3 rings (SSSR count). The number of aromatic amines is 1. The van der Waals surface area contributed by atoms with E-state index in [0.717, 1.165) is 37.4 Å². The van der Waals surface area contributed by atoms with Gasteiger partial charge in [-0.05, 0) is 36.1 Å². The molecule has 0 aliphatic carbocycles. The van der Waals surface area contributed by atoms with Crippen molar-refractivity contribution in [3.05, 3.63) is 69.0 Å². The minimum Gasteiger partial charge on any atom is -0.494 e. The van der Waals surface area contributed by atoms with Gasteiger partial charge in [0, 0.05) is 22.9 Å². The van der Waals surface area contributed by atoms with E-state index >= 15 is 0 Å². The van der Waals surface area contributed by atoms with Crippen molar-refractivity contribution < 1.29 is 31.8 Å². The molecule has 0 aliphatic heterocycles. The second kappa shape index (κ2) is 9.40.